The molecular formula is C24H20O7. The second kappa shape index (κ2) is 7.59. The van der Waals surface area contributed by atoms with Crippen LogP contribution in [0.1, 0.15) is 18.4 Å². The third-order valence-electron chi connectivity index (χ3n) is 5.44. The lowest BCUT2D eigenvalue weighted by Gasteiger charge is -2.12. The summed E-state index contributed by atoms with van der Waals surface area (Å²) >= 11 is 0. The maximum absolute atomic E-state index is 12.4. The fourth-order valence-electron chi connectivity index (χ4n) is 3.87. The van der Waals surface area contributed by atoms with E-state index in [2.05, 4.69) is 0 Å². The molecule has 0 radical (unpaired) electrons. The lowest BCUT2D eigenvalue weighted by Crippen LogP contribution is -2.25. The zero-order chi connectivity index (χ0) is 21.5. The van der Waals surface area contributed by atoms with E-state index in [1.165, 1.54) is 6.07 Å². The second-order valence-electron chi connectivity index (χ2n) is 7.51. The summed E-state index contributed by atoms with van der Waals surface area (Å²) in [5, 5.41) is 1.44. The van der Waals surface area contributed by atoms with Crippen molar-refractivity contribution in [1.29, 1.82) is 0 Å². The number of carbonyl (C=O) groups is 1. The number of esters is 1. The van der Waals surface area contributed by atoms with E-state index in [1.54, 1.807) is 32.2 Å². The van der Waals surface area contributed by atoms with Crippen LogP contribution in [-0.2, 0) is 9.53 Å². The molecule has 0 saturated carbocycles. The largest absolute Gasteiger partial charge is 0.493 e. The van der Waals surface area contributed by atoms with Gasteiger partial charge in [0.2, 0.25) is 0 Å². The summed E-state index contributed by atoms with van der Waals surface area (Å²) in [5.74, 6) is 1.04. The molecule has 0 aliphatic carbocycles. The molecule has 31 heavy (non-hydrogen) atoms. The smallest absolute Gasteiger partial charge is 0.340 e. The summed E-state index contributed by atoms with van der Waals surface area (Å²) in [6, 6.07) is 12.2. The SMILES string of the molecule is COc1cccc2cc(-c3cc(=O)oc4cc(C)c(OC(=O)C5CCCO5)cc34)oc12. The molecule has 7 nitrogen and oxygen atoms in total. The van der Waals surface area contributed by atoms with Crippen LogP contribution < -0.4 is 15.1 Å². The predicted molar refractivity (Wildman–Crippen MR) is 114 cm³/mol. The molecular weight excluding hydrogens is 400 g/mol. The zero-order valence-corrected chi connectivity index (χ0v) is 17.1. The minimum Gasteiger partial charge on any atom is -0.493 e. The molecule has 1 unspecified atom stereocenters. The molecule has 4 aromatic rings. The van der Waals surface area contributed by atoms with Gasteiger partial charge in [-0.1, -0.05) is 12.1 Å². The number of benzene rings is 2. The Morgan fingerprint density at radius 1 is 1.10 bits per heavy atom. The number of methoxy groups -OCH3 is 1. The summed E-state index contributed by atoms with van der Waals surface area (Å²) in [5.41, 5.74) is 1.67. The quantitative estimate of drug-likeness (QED) is 0.271. The molecule has 3 heterocycles. The molecule has 7 heteroatoms. The Bertz CT molecular complexity index is 1360. The molecule has 158 valence electrons. The summed E-state index contributed by atoms with van der Waals surface area (Å²) < 4.78 is 27.8. The maximum Gasteiger partial charge on any atom is 0.340 e. The molecule has 1 aliphatic rings. The molecule has 0 N–H and O–H groups in total. The number of fused-ring (bicyclic) bond motifs is 2. The second-order valence-corrected chi connectivity index (χ2v) is 7.51. The third kappa shape index (κ3) is 3.47. The van der Waals surface area contributed by atoms with Crippen molar-refractivity contribution in [2.45, 2.75) is 25.9 Å². The fourth-order valence-corrected chi connectivity index (χ4v) is 3.87. The van der Waals surface area contributed by atoms with Crippen molar-refractivity contribution < 1.29 is 27.8 Å². The van der Waals surface area contributed by atoms with Crippen LogP contribution in [0.2, 0.25) is 0 Å². The van der Waals surface area contributed by atoms with Crippen molar-refractivity contribution in [3.05, 3.63) is 58.4 Å². The van der Waals surface area contributed by atoms with Crippen molar-refractivity contribution in [3.8, 4) is 22.8 Å². The van der Waals surface area contributed by atoms with E-state index in [1.807, 2.05) is 18.2 Å². The zero-order valence-electron chi connectivity index (χ0n) is 17.1. The van der Waals surface area contributed by atoms with E-state index in [0.717, 1.165) is 11.8 Å². The highest BCUT2D eigenvalue weighted by atomic mass is 16.6. The van der Waals surface area contributed by atoms with Crippen molar-refractivity contribution in [2.75, 3.05) is 13.7 Å². The van der Waals surface area contributed by atoms with Crippen LogP contribution in [0.15, 0.2) is 56.1 Å². The van der Waals surface area contributed by atoms with E-state index in [4.69, 9.17) is 23.0 Å². The Balaban J connectivity index is 1.64. The predicted octanol–water partition coefficient (Wildman–Crippen LogP) is 4.61. The number of aryl methyl sites for hydroxylation is 1. The Hall–Kier alpha value is -3.58. The molecule has 2 aromatic carbocycles. The molecule has 1 atom stereocenters. The van der Waals surface area contributed by atoms with Gasteiger partial charge in [-0.2, -0.15) is 0 Å². The maximum atomic E-state index is 12.4. The molecule has 5 rings (SSSR count). The first-order valence-corrected chi connectivity index (χ1v) is 10.0. The third-order valence-corrected chi connectivity index (χ3v) is 5.44. The van der Waals surface area contributed by atoms with Crippen LogP contribution >= 0.6 is 0 Å². The van der Waals surface area contributed by atoms with Gasteiger partial charge in [-0.3, -0.25) is 0 Å². The van der Waals surface area contributed by atoms with Gasteiger partial charge in [-0.25, -0.2) is 9.59 Å². The molecule has 2 aromatic heterocycles. The van der Waals surface area contributed by atoms with E-state index in [-0.39, 0.29) is 0 Å². The van der Waals surface area contributed by atoms with E-state index in [9.17, 15) is 9.59 Å². The summed E-state index contributed by atoms with van der Waals surface area (Å²) in [6.07, 6.45) is 0.930. The lowest BCUT2D eigenvalue weighted by atomic mass is 10.0. The van der Waals surface area contributed by atoms with Crippen molar-refractivity contribution in [2.24, 2.45) is 0 Å². The number of furan rings is 1. The van der Waals surface area contributed by atoms with Gasteiger partial charge in [-0.05, 0) is 49.6 Å². The number of ether oxygens (including phenoxy) is 3. The average molecular weight is 420 g/mol. The first-order chi connectivity index (χ1) is 15.0. The molecule has 0 amide bonds. The Kier molecular flexibility index (Phi) is 4.75. The van der Waals surface area contributed by atoms with Crippen LogP contribution in [-0.4, -0.2) is 25.8 Å². The monoisotopic (exact) mass is 420 g/mol. The van der Waals surface area contributed by atoms with Gasteiger partial charge >= 0.3 is 11.6 Å². The van der Waals surface area contributed by atoms with E-state index < -0.39 is 17.7 Å². The van der Waals surface area contributed by atoms with Crippen LogP contribution in [0.3, 0.4) is 0 Å². The van der Waals surface area contributed by atoms with Crippen molar-refractivity contribution in [1.82, 2.24) is 0 Å². The van der Waals surface area contributed by atoms with Crippen LogP contribution in [0, 0.1) is 6.92 Å². The van der Waals surface area contributed by atoms with E-state index in [0.29, 0.717) is 58.0 Å². The van der Waals surface area contributed by atoms with Crippen LogP contribution in [0.25, 0.3) is 33.3 Å². The molecule has 1 saturated heterocycles. The highest BCUT2D eigenvalue weighted by Crippen LogP contribution is 2.37. The van der Waals surface area contributed by atoms with Crippen LogP contribution in [0.4, 0.5) is 0 Å². The van der Waals surface area contributed by atoms with Gasteiger partial charge in [0.15, 0.2) is 17.4 Å². The topological polar surface area (TPSA) is 88.1 Å². The first-order valence-electron chi connectivity index (χ1n) is 10.0. The number of para-hydroxylation sites is 1. The van der Waals surface area contributed by atoms with Crippen LogP contribution in [0.5, 0.6) is 11.5 Å². The van der Waals surface area contributed by atoms with Gasteiger partial charge in [0, 0.05) is 29.0 Å². The number of rotatable bonds is 4. The Labute approximate surface area is 177 Å². The van der Waals surface area contributed by atoms with Gasteiger partial charge in [-0.15, -0.1) is 0 Å². The molecule has 1 fully saturated rings. The van der Waals surface area contributed by atoms with Gasteiger partial charge in [0.25, 0.3) is 0 Å². The molecule has 0 bridgehead atoms. The molecule has 0 spiro atoms. The highest BCUT2D eigenvalue weighted by molar-refractivity contribution is 5.97. The fraction of sp³-hybridized carbons (Fsp3) is 0.250. The summed E-state index contributed by atoms with van der Waals surface area (Å²) in [7, 11) is 1.57. The number of carbonyl (C=O) groups excluding carboxylic acids is 1. The first kappa shape index (κ1) is 19.4. The Morgan fingerprint density at radius 2 is 1.97 bits per heavy atom. The average Bonchev–Trinajstić information content (AvgIpc) is 3.43. The minimum absolute atomic E-state index is 0.379. The van der Waals surface area contributed by atoms with Crippen molar-refractivity contribution in [3.63, 3.8) is 0 Å². The minimum atomic E-state index is -0.550. The van der Waals surface area contributed by atoms with Gasteiger partial charge < -0.3 is 23.0 Å². The normalized spacial score (nSPS) is 16.1. The van der Waals surface area contributed by atoms with E-state index >= 15 is 0 Å². The Morgan fingerprint density at radius 3 is 2.74 bits per heavy atom. The highest BCUT2D eigenvalue weighted by Gasteiger charge is 2.26. The summed E-state index contributed by atoms with van der Waals surface area (Å²) in [6.45, 7) is 2.34. The van der Waals surface area contributed by atoms with Crippen molar-refractivity contribution >= 4 is 27.9 Å². The number of hydrogen-bond donors (Lipinski definition) is 0. The standard InChI is InChI=1S/C24H20O7/c1-13-9-20-15(11-19(13)31-24(26)18-7-4-8-28-18)16(12-22(25)29-20)21-10-14-5-3-6-17(27-2)23(14)30-21/h3,5-6,9-12,18H,4,7-8H2,1-2H3. The summed E-state index contributed by atoms with van der Waals surface area (Å²) in [4.78, 5) is 24.7. The van der Waals surface area contributed by atoms with Gasteiger partial charge in [0.05, 0.1) is 7.11 Å². The lowest BCUT2D eigenvalue weighted by molar-refractivity contribution is -0.144. The molecule has 1 aliphatic heterocycles. The van der Waals surface area contributed by atoms with Gasteiger partial charge in [0.1, 0.15) is 17.1 Å². The number of hydrogen-bond acceptors (Lipinski definition) is 7.